The van der Waals surface area contributed by atoms with Gasteiger partial charge in [0.05, 0.1) is 13.2 Å². The summed E-state index contributed by atoms with van der Waals surface area (Å²) in [6, 6.07) is 5.81. The molecule has 0 aliphatic carbocycles. The lowest BCUT2D eigenvalue weighted by Gasteiger charge is -2.10. The van der Waals surface area contributed by atoms with Crippen LogP contribution in [-0.4, -0.2) is 50.3 Å². The summed E-state index contributed by atoms with van der Waals surface area (Å²) in [5.74, 6) is 0.897. The van der Waals surface area contributed by atoms with Gasteiger partial charge in [-0.25, -0.2) is 4.98 Å². The Morgan fingerprint density at radius 2 is 2.20 bits per heavy atom. The summed E-state index contributed by atoms with van der Waals surface area (Å²) in [5, 5.41) is 3.18. The zero-order valence-electron chi connectivity index (χ0n) is 9.44. The van der Waals surface area contributed by atoms with Crippen LogP contribution < -0.4 is 5.32 Å². The Kier molecular flexibility index (Phi) is 5.73. The van der Waals surface area contributed by atoms with Crippen molar-refractivity contribution < 1.29 is 4.74 Å². The average Bonchev–Trinajstić information content (AvgIpc) is 2.24. The molecule has 0 fully saturated rings. The number of pyridine rings is 1. The third kappa shape index (κ3) is 6.04. The highest BCUT2D eigenvalue weighted by Crippen LogP contribution is 1.98. The second-order valence-electron chi connectivity index (χ2n) is 3.56. The summed E-state index contributed by atoms with van der Waals surface area (Å²) in [6.45, 7) is 3.25. The Morgan fingerprint density at radius 1 is 1.33 bits per heavy atom. The summed E-state index contributed by atoms with van der Waals surface area (Å²) >= 11 is 0. The van der Waals surface area contributed by atoms with Crippen molar-refractivity contribution in [3.05, 3.63) is 24.4 Å². The average molecular weight is 209 g/mol. The van der Waals surface area contributed by atoms with E-state index in [1.165, 1.54) is 0 Å². The molecule has 1 N–H and O–H groups in total. The fraction of sp³-hybridized carbons (Fsp3) is 0.545. The zero-order chi connectivity index (χ0) is 10.9. The topological polar surface area (TPSA) is 37.4 Å². The molecular weight excluding hydrogens is 190 g/mol. The molecule has 0 saturated carbocycles. The number of anilines is 1. The van der Waals surface area contributed by atoms with E-state index < -0.39 is 0 Å². The maximum Gasteiger partial charge on any atom is 0.125 e. The normalized spacial score (nSPS) is 10.6. The molecule has 0 aliphatic rings. The van der Waals surface area contributed by atoms with Gasteiger partial charge in [-0.3, -0.25) is 0 Å². The maximum absolute atomic E-state index is 5.43. The van der Waals surface area contributed by atoms with Crippen LogP contribution in [0.15, 0.2) is 24.4 Å². The Bertz CT molecular complexity index is 251. The molecule has 1 aromatic rings. The van der Waals surface area contributed by atoms with Crippen LogP contribution in [0.4, 0.5) is 5.82 Å². The van der Waals surface area contributed by atoms with Crippen molar-refractivity contribution in [3.63, 3.8) is 0 Å². The third-order valence-electron chi connectivity index (χ3n) is 1.90. The predicted octanol–water partition coefficient (Wildman–Crippen LogP) is 1.07. The van der Waals surface area contributed by atoms with Crippen LogP contribution in [0.3, 0.4) is 0 Å². The Labute approximate surface area is 91.3 Å². The van der Waals surface area contributed by atoms with Gasteiger partial charge in [-0.05, 0) is 26.2 Å². The van der Waals surface area contributed by atoms with Gasteiger partial charge in [0, 0.05) is 19.3 Å². The largest absolute Gasteiger partial charge is 0.378 e. The van der Waals surface area contributed by atoms with E-state index in [0.717, 1.165) is 25.5 Å². The van der Waals surface area contributed by atoms with Gasteiger partial charge in [-0.1, -0.05) is 6.07 Å². The van der Waals surface area contributed by atoms with Crippen LogP contribution in [0.25, 0.3) is 0 Å². The molecule has 0 atom stereocenters. The van der Waals surface area contributed by atoms with Crippen LogP contribution in [0, 0.1) is 0 Å². The lowest BCUT2D eigenvalue weighted by atomic mass is 10.4. The van der Waals surface area contributed by atoms with Crippen LogP contribution in [0.1, 0.15) is 0 Å². The maximum atomic E-state index is 5.43. The first-order valence-corrected chi connectivity index (χ1v) is 5.16. The number of nitrogens with one attached hydrogen (secondary N) is 1. The highest BCUT2D eigenvalue weighted by atomic mass is 16.5. The van der Waals surface area contributed by atoms with E-state index in [1.54, 1.807) is 6.20 Å². The lowest BCUT2D eigenvalue weighted by Crippen LogP contribution is -2.20. The third-order valence-corrected chi connectivity index (χ3v) is 1.90. The molecule has 0 bridgehead atoms. The van der Waals surface area contributed by atoms with Crippen molar-refractivity contribution in [2.75, 3.05) is 45.7 Å². The molecule has 0 unspecified atom stereocenters. The quantitative estimate of drug-likeness (QED) is 0.682. The van der Waals surface area contributed by atoms with Gasteiger partial charge in [0.25, 0.3) is 0 Å². The summed E-state index contributed by atoms with van der Waals surface area (Å²) in [4.78, 5) is 6.25. The summed E-state index contributed by atoms with van der Waals surface area (Å²) in [5.41, 5.74) is 0. The number of hydrogen-bond donors (Lipinski definition) is 1. The first-order chi connectivity index (χ1) is 7.29. The zero-order valence-corrected chi connectivity index (χ0v) is 9.44. The van der Waals surface area contributed by atoms with E-state index in [1.807, 2.05) is 32.3 Å². The molecular formula is C11H19N3O. The fourth-order valence-corrected chi connectivity index (χ4v) is 1.07. The summed E-state index contributed by atoms with van der Waals surface area (Å²) < 4.78 is 5.43. The fourth-order valence-electron chi connectivity index (χ4n) is 1.07. The van der Waals surface area contributed by atoms with Crippen LogP contribution in [0.2, 0.25) is 0 Å². The molecule has 15 heavy (non-hydrogen) atoms. The number of rotatable bonds is 7. The standard InChI is InChI=1S/C11H19N3O/c1-14(2)8-10-15-9-7-13-11-5-3-4-6-12-11/h3-6H,7-10H2,1-2H3,(H,12,13). The van der Waals surface area contributed by atoms with Gasteiger partial charge in [0.15, 0.2) is 0 Å². The van der Waals surface area contributed by atoms with Crippen molar-refractivity contribution >= 4 is 5.82 Å². The minimum Gasteiger partial charge on any atom is -0.378 e. The Balaban J connectivity index is 1.98. The monoisotopic (exact) mass is 209 g/mol. The van der Waals surface area contributed by atoms with E-state index in [0.29, 0.717) is 6.61 Å². The van der Waals surface area contributed by atoms with Crippen molar-refractivity contribution in [1.82, 2.24) is 9.88 Å². The first-order valence-electron chi connectivity index (χ1n) is 5.16. The number of nitrogens with zero attached hydrogens (tertiary/aromatic N) is 2. The summed E-state index contributed by atoms with van der Waals surface area (Å²) in [7, 11) is 4.07. The molecule has 84 valence electrons. The molecule has 4 nitrogen and oxygen atoms in total. The van der Waals surface area contributed by atoms with Gasteiger partial charge >= 0.3 is 0 Å². The number of hydrogen-bond acceptors (Lipinski definition) is 4. The van der Waals surface area contributed by atoms with Gasteiger partial charge < -0.3 is 15.0 Å². The minimum absolute atomic E-state index is 0.713. The molecule has 0 aliphatic heterocycles. The van der Waals surface area contributed by atoms with Gasteiger partial charge in [0.2, 0.25) is 0 Å². The van der Waals surface area contributed by atoms with Gasteiger partial charge in [0.1, 0.15) is 5.82 Å². The van der Waals surface area contributed by atoms with E-state index in [4.69, 9.17) is 4.74 Å². The smallest absolute Gasteiger partial charge is 0.125 e. The summed E-state index contributed by atoms with van der Waals surface area (Å²) in [6.07, 6.45) is 1.77. The number of likely N-dealkylation sites (N-methyl/N-ethyl adjacent to an activating group) is 1. The number of aromatic nitrogens is 1. The highest BCUT2D eigenvalue weighted by Gasteiger charge is 1.92. The van der Waals surface area contributed by atoms with Gasteiger partial charge in [-0.2, -0.15) is 0 Å². The molecule has 1 aromatic heterocycles. The van der Waals surface area contributed by atoms with E-state index in [-0.39, 0.29) is 0 Å². The van der Waals surface area contributed by atoms with Crippen molar-refractivity contribution in [3.8, 4) is 0 Å². The van der Waals surface area contributed by atoms with E-state index in [2.05, 4.69) is 15.2 Å². The van der Waals surface area contributed by atoms with Crippen LogP contribution >= 0.6 is 0 Å². The SMILES string of the molecule is CN(C)CCOCCNc1ccccn1. The molecule has 0 spiro atoms. The first kappa shape index (κ1) is 11.9. The molecule has 0 radical (unpaired) electrons. The van der Waals surface area contributed by atoms with E-state index in [9.17, 15) is 0 Å². The highest BCUT2D eigenvalue weighted by molar-refractivity contribution is 5.32. The molecule has 0 amide bonds. The molecule has 0 aromatic carbocycles. The molecule has 1 heterocycles. The van der Waals surface area contributed by atoms with Crippen molar-refractivity contribution in [1.29, 1.82) is 0 Å². The van der Waals surface area contributed by atoms with Crippen molar-refractivity contribution in [2.24, 2.45) is 0 Å². The Hall–Kier alpha value is -1.13. The molecule has 4 heteroatoms. The minimum atomic E-state index is 0.713. The van der Waals surface area contributed by atoms with Gasteiger partial charge in [-0.15, -0.1) is 0 Å². The van der Waals surface area contributed by atoms with E-state index >= 15 is 0 Å². The second-order valence-corrected chi connectivity index (χ2v) is 3.56. The van der Waals surface area contributed by atoms with Crippen LogP contribution in [-0.2, 0) is 4.74 Å². The molecule has 0 saturated heterocycles. The predicted molar refractivity (Wildman–Crippen MR) is 62.1 cm³/mol. The van der Waals surface area contributed by atoms with Crippen LogP contribution in [0.5, 0.6) is 0 Å². The second kappa shape index (κ2) is 7.20. The molecule has 1 rings (SSSR count). The lowest BCUT2D eigenvalue weighted by molar-refractivity contribution is 0.126. The van der Waals surface area contributed by atoms with Crippen molar-refractivity contribution in [2.45, 2.75) is 0 Å². The Morgan fingerprint density at radius 3 is 2.87 bits per heavy atom. The number of ether oxygens (including phenoxy) is 1.